The molecule has 0 radical (unpaired) electrons. The number of hydrogen-bond acceptors (Lipinski definition) is 2. The van der Waals surface area contributed by atoms with E-state index in [9.17, 15) is 4.79 Å². The summed E-state index contributed by atoms with van der Waals surface area (Å²) in [6, 6.07) is 5.50. The molecule has 4 nitrogen and oxygen atoms in total. The van der Waals surface area contributed by atoms with Crippen molar-refractivity contribution in [3.05, 3.63) is 39.7 Å². The standard InChI is InChI=1S/C12H14N2O2/c1-7-4-9(10-6-12(15)14-13-10)11(16-3)5-8(7)2/h4-6H,1-3H3,(H2,13,14,15). The summed E-state index contributed by atoms with van der Waals surface area (Å²) < 4.78 is 5.31. The topological polar surface area (TPSA) is 57.9 Å². The third kappa shape index (κ3) is 1.74. The van der Waals surface area contributed by atoms with E-state index in [-0.39, 0.29) is 5.56 Å². The quantitative estimate of drug-likeness (QED) is 0.809. The fourth-order valence-corrected chi connectivity index (χ4v) is 1.65. The zero-order valence-electron chi connectivity index (χ0n) is 9.55. The number of rotatable bonds is 2. The van der Waals surface area contributed by atoms with Crippen molar-refractivity contribution in [2.24, 2.45) is 0 Å². The van der Waals surface area contributed by atoms with Gasteiger partial charge in [-0.1, -0.05) is 0 Å². The van der Waals surface area contributed by atoms with E-state index in [1.807, 2.05) is 26.0 Å². The fourth-order valence-electron chi connectivity index (χ4n) is 1.65. The Labute approximate surface area is 93.3 Å². The van der Waals surface area contributed by atoms with Crippen LogP contribution in [-0.2, 0) is 0 Å². The van der Waals surface area contributed by atoms with Crippen molar-refractivity contribution in [1.82, 2.24) is 10.2 Å². The van der Waals surface area contributed by atoms with Crippen molar-refractivity contribution in [3.63, 3.8) is 0 Å². The van der Waals surface area contributed by atoms with Gasteiger partial charge in [-0.2, -0.15) is 0 Å². The molecule has 0 bridgehead atoms. The number of H-pyrrole nitrogens is 2. The van der Waals surface area contributed by atoms with E-state index in [0.717, 1.165) is 22.6 Å². The molecule has 2 rings (SSSR count). The SMILES string of the molecule is COc1cc(C)c(C)cc1-c1cc(=O)[nH][nH]1. The van der Waals surface area contributed by atoms with Crippen molar-refractivity contribution in [3.8, 4) is 17.0 Å². The zero-order valence-corrected chi connectivity index (χ0v) is 9.55. The van der Waals surface area contributed by atoms with Gasteiger partial charge in [0.15, 0.2) is 0 Å². The molecule has 4 heteroatoms. The highest BCUT2D eigenvalue weighted by Gasteiger charge is 2.09. The molecule has 0 amide bonds. The van der Waals surface area contributed by atoms with Crippen molar-refractivity contribution in [1.29, 1.82) is 0 Å². The molecule has 0 saturated carbocycles. The van der Waals surface area contributed by atoms with Crippen LogP contribution in [0.2, 0.25) is 0 Å². The third-order valence-corrected chi connectivity index (χ3v) is 2.70. The van der Waals surface area contributed by atoms with Crippen LogP contribution in [-0.4, -0.2) is 17.3 Å². The number of ether oxygens (including phenoxy) is 1. The van der Waals surface area contributed by atoms with Crippen molar-refractivity contribution >= 4 is 0 Å². The maximum Gasteiger partial charge on any atom is 0.264 e. The molecule has 0 aliphatic heterocycles. The highest BCUT2D eigenvalue weighted by Crippen LogP contribution is 2.30. The molecule has 0 atom stereocenters. The van der Waals surface area contributed by atoms with Crippen LogP contribution in [0.3, 0.4) is 0 Å². The molecular formula is C12H14N2O2. The molecule has 0 spiro atoms. The minimum absolute atomic E-state index is 0.143. The molecule has 0 saturated heterocycles. The molecular weight excluding hydrogens is 204 g/mol. The minimum Gasteiger partial charge on any atom is -0.496 e. The number of aromatic nitrogens is 2. The van der Waals surface area contributed by atoms with Gasteiger partial charge in [0.05, 0.1) is 12.8 Å². The monoisotopic (exact) mass is 218 g/mol. The van der Waals surface area contributed by atoms with E-state index < -0.39 is 0 Å². The Morgan fingerprint density at radius 3 is 2.31 bits per heavy atom. The first-order valence-corrected chi connectivity index (χ1v) is 5.05. The first kappa shape index (κ1) is 10.5. The van der Waals surface area contributed by atoms with Gasteiger partial charge in [-0.25, -0.2) is 0 Å². The average Bonchev–Trinajstić information content (AvgIpc) is 2.68. The summed E-state index contributed by atoms with van der Waals surface area (Å²) in [5, 5.41) is 5.34. The van der Waals surface area contributed by atoms with E-state index in [4.69, 9.17) is 4.74 Å². The average molecular weight is 218 g/mol. The lowest BCUT2D eigenvalue weighted by Gasteiger charge is -2.10. The summed E-state index contributed by atoms with van der Waals surface area (Å²) >= 11 is 0. The second-order valence-corrected chi connectivity index (χ2v) is 3.81. The van der Waals surface area contributed by atoms with Crippen LogP contribution in [0.4, 0.5) is 0 Å². The normalized spacial score (nSPS) is 10.4. The van der Waals surface area contributed by atoms with Crippen molar-refractivity contribution in [2.45, 2.75) is 13.8 Å². The summed E-state index contributed by atoms with van der Waals surface area (Å²) in [5.74, 6) is 0.762. The first-order valence-electron chi connectivity index (χ1n) is 5.05. The van der Waals surface area contributed by atoms with Crippen LogP contribution in [0.1, 0.15) is 11.1 Å². The first-order chi connectivity index (χ1) is 7.61. The molecule has 2 N–H and O–H groups in total. The fraction of sp³-hybridized carbons (Fsp3) is 0.250. The smallest absolute Gasteiger partial charge is 0.264 e. The number of aromatic amines is 2. The molecule has 0 unspecified atom stereocenters. The van der Waals surface area contributed by atoms with Gasteiger partial charge in [-0.05, 0) is 37.1 Å². The molecule has 1 heterocycles. The number of benzene rings is 1. The molecule has 2 aromatic rings. The van der Waals surface area contributed by atoms with Gasteiger partial charge in [0, 0.05) is 11.6 Å². The van der Waals surface area contributed by atoms with Crippen LogP contribution >= 0.6 is 0 Å². The molecule has 1 aromatic heterocycles. The number of methoxy groups -OCH3 is 1. The summed E-state index contributed by atoms with van der Waals surface area (Å²) in [6.07, 6.45) is 0. The van der Waals surface area contributed by atoms with Crippen molar-refractivity contribution in [2.75, 3.05) is 7.11 Å². The maximum atomic E-state index is 11.1. The van der Waals surface area contributed by atoms with Crippen LogP contribution < -0.4 is 10.3 Å². The summed E-state index contributed by atoms with van der Waals surface area (Å²) in [7, 11) is 1.62. The Bertz CT molecular complexity index is 567. The predicted octanol–water partition coefficient (Wildman–Crippen LogP) is 2.00. The van der Waals surface area contributed by atoms with Gasteiger partial charge >= 0.3 is 0 Å². The van der Waals surface area contributed by atoms with Gasteiger partial charge in [-0.15, -0.1) is 0 Å². The molecule has 84 valence electrons. The van der Waals surface area contributed by atoms with E-state index in [1.54, 1.807) is 7.11 Å². The predicted molar refractivity (Wildman–Crippen MR) is 62.9 cm³/mol. The lowest BCUT2D eigenvalue weighted by molar-refractivity contribution is 0.416. The number of nitrogens with one attached hydrogen (secondary N) is 2. The third-order valence-electron chi connectivity index (χ3n) is 2.70. The van der Waals surface area contributed by atoms with Crippen LogP contribution in [0.15, 0.2) is 23.0 Å². The Kier molecular flexibility index (Phi) is 2.56. The van der Waals surface area contributed by atoms with Gasteiger partial charge in [0.1, 0.15) is 5.75 Å². The highest BCUT2D eigenvalue weighted by atomic mass is 16.5. The van der Waals surface area contributed by atoms with E-state index in [0.29, 0.717) is 0 Å². The van der Waals surface area contributed by atoms with Crippen molar-refractivity contribution < 1.29 is 4.74 Å². The largest absolute Gasteiger partial charge is 0.496 e. The van der Waals surface area contributed by atoms with Gasteiger partial charge in [-0.3, -0.25) is 15.0 Å². The molecule has 16 heavy (non-hydrogen) atoms. The minimum atomic E-state index is -0.143. The van der Waals surface area contributed by atoms with Crippen LogP contribution in [0, 0.1) is 13.8 Å². The molecule has 1 aromatic carbocycles. The lowest BCUT2D eigenvalue weighted by atomic mass is 10.0. The second-order valence-electron chi connectivity index (χ2n) is 3.81. The maximum absolute atomic E-state index is 11.1. The van der Waals surface area contributed by atoms with Gasteiger partial charge < -0.3 is 4.74 Å². The van der Waals surface area contributed by atoms with Crippen LogP contribution in [0.25, 0.3) is 11.3 Å². The Morgan fingerprint density at radius 2 is 1.75 bits per heavy atom. The van der Waals surface area contributed by atoms with E-state index in [1.165, 1.54) is 11.6 Å². The molecule has 0 aliphatic carbocycles. The molecule has 0 fully saturated rings. The Morgan fingerprint density at radius 1 is 1.06 bits per heavy atom. The number of aryl methyl sites for hydroxylation is 2. The number of hydrogen-bond donors (Lipinski definition) is 2. The van der Waals surface area contributed by atoms with E-state index in [2.05, 4.69) is 10.2 Å². The Hall–Kier alpha value is -1.97. The van der Waals surface area contributed by atoms with Gasteiger partial charge in [0.25, 0.3) is 5.56 Å². The second kappa shape index (κ2) is 3.89. The summed E-state index contributed by atoms with van der Waals surface area (Å²) in [6.45, 7) is 4.06. The Balaban J connectivity index is 2.63. The van der Waals surface area contributed by atoms with E-state index >= 15 is 0 Å². The summed E-state index contributed by atoms with van der Waals surface area (Å²) in [5.41, 5.74) is 3.82. The summed E-state index contributed by atoms with van der Waals surface area (Å²) in [4.78, 5) is 11.1. The van der Waals surface area contributed by atoms with Gasteiger partial charge in [0.2, 0.25) is 0 Å². The zero-order chi connectivity index (χ0) is 11.7. The molecule has 0 aliphatic rings. The lowest BCUT2D eigenvalue weighted by Crippen LogP contribution is -1.94. The van der Waals surface area contributed by atoms with Crippen LogP contribution in [0.5, 0.6) is 5.75 Å². The highest BCUT2D eigenvalue weighted by molar-refractivity contribution is 5.68.